The molecule has 0 saturated heterocycles. The van der Waals surface area contributed by atoms with Gasteiger partial charge in [0.2, 0.25) is 0 Å². The highest BCUT2D eigenvalue weighted by atomic mass is 32.2. The van der Waals surface area contributed by atoms with Gasteiger partial charge in [0.1, 0.15) is 24.7 Å². The van der Waals surface area contributed by atoms with Crippen LogP contribution in [0.3, 0.4) is 0 Å². The molecular weight excluding hydrogens is 374 g/mol. The number of hydrogen-bond donors (Lipinski definition) is 2. The van der Waals surface area contributed by atoms with Gasteiger partial charge in [0.05, 0.1) is 5.69 Å². The average molecular weight is 391 g/mol. The third-order valence-corrected chi connectivity index (χ3v) is 5.15. The molecule has 0 saturated carbocycles. The number of nitrogens with zero attached hydrogens (tertiary/aromatic N) is 3. The van der Waals surface area contributed by atoms with Crippen molar-refractivity contribution >= 4 is 23.7 Å². The summed E-state index contributed by atoms with van der Waals surface area (Å²) in [5.74, 6) is 0.0945. The first-order chi connectivity index (χ1) is 13.6. The van der Waals surface area contributed by atoms with Crippen molar-refractivity contribution in [2.24, 2.45) is 0 Å². The Bertz CT molecular complexity index is 1060. The number of anilines is 1. The number of carbonyl (C=O) groups is 1. The van der Waals surface area contributed by atoms with Crippen molar-refractivity contribution < 1.29 is 9.53 Å². The number of fused-ring (bicyclic) bond motifs is 1. The second kappa shape index (κ2) is 7.86. The lowest BCUT2D eigenvalue weighted by molar-refractivity contribution is -0.122. The molecule has 1 amide bonds. The highest BCUT2D eigenvalue weighted by molar-refractivity contribution is 7.97. The lowest BCUT2D eigenvalue weighted by atomic mass is 10.2. The zero-order valence-corrected chi connectivity index (χ0v) is 15.9. The minimum atomic E-state index is -0.344. The summed E-state index contributed by atoms with van der Waals surface area (Å²) in [4.78, 5) is 13.5. The molecule has 1 aliphatic heterocycles. The second-order valence-electron chi connectivity index (χ2n) is 6.27. The Morgan fingerprint density at radius 3 is 2.89 bits per heavy atom. The van der Waals surface area contributed by atoms with E-state index in [-0.39, 0.29) is 24.4 Å². The molecule has 140 valence electrons. The summed E-state index contributed by atoms with van der Waals surface area (Å²) in [5.41, 5.74) is 3.10. The van der Waals surface area contributed by atoms with Gasteiger partial charge in [-0.1, -0.05) is 35.9 Å². The average Bonchev–Trinajstić information content (AvgIpc) is 3.31. The Kier molecular flexibility index (Phi) is 5.12. The molecule has 1 aromatic heterocycles. The molecule has 1 unspecified atom stereocenters. The van der Waals surface area contributed by atoms with Gasteiger partial charge in [0.25, 0.3) is 5.91 Å². The van der Waals surface area contributed by atoms with Crippen LogP contribution in [-0.4, -0.2) is 22.3 Å². The van der Waals surface area contributed by atoms with Crippen LogP contribution in [-0.2, 0) is 9.53 Å². The minimum absolute atomic E-state index is 0.131. The summed E-state index contributed by atoms with van der Waals surface area (Å²) in [7, 11) is 0. The van der Waals surface area contributed by atoms with E-state index >= 15 is 0 Å². The number of rotatable bonds is 5. The van der Waals surface area contributed by atoms with Gasteiger partial charge in [-0.25, -0.2) is 9.40 Å². The van der Waals surface area contributed by atoms with E-state index in [1.165, 1.54) is 22.7 Å². The molecule has 1 aliphatic rings. The van der Waals surface area contributed by atoms with Crippen LogP contribution >= 0.6 is 11.9 Å². The maximum Gasteiger partial charge on any atom is 0.251 e. The number of hydrogen-bond acceptors (Lipinski definition) is 6. The number of ether oxygens (including phenoxy) is 1. The highest BCUT2D eigenvalue weighted by Gasteiger charge is 2.24. The number of aromatic nitrogens is 2. The number of nitriles is 1. The van der Waals surface area contributed by atoms with E-state index in [9.17, 15) is 4.79 Å². The summed E-state index contributed by atoms with van der Waals surface area (Å²) in [6, 6.07) is 19.1. The maximum absolute atomic E-state index is 12.4. The second-order valence-corrected chi connectivity index (χ2v) is 7.15. The first-order valence-electron chi connectivity index (χ1n) is 8.64. The summed E-state index contributed by atoms with van der Waals surface area (Å²) in [6.07, 6.45) is -0.344. The summed E-state index contributed by atoms with van der Waals surface area (Å²) < 4.78 is 10.4. The van der Waals surface area contributed by atoms with Crippen molar-refractivity contribution in [2.75, 3.05) is 11.9 Å². The third-order valence-electron chi connectivity index (χ3n) is 4.23. The lowest BCUT2D eigenvalue weighted by Gasteiger charge is -2.13. The Morgan fingerprint density at radius 2 is 2.11 bits per heavy atom. The molecule has 0 bridgehead atoms. The maximum atomic E-state index is 12.4. The van der Waals surface area contributed by atoms with Gasteiger partial charge < -0.3 is 10.1 Å². The molecule has 0 fully saturated rings. The number of aryl methyl sites for hydroxylation is 1. The Hall–Kier alpha value is -3.12. The predicted octanol–water partition coefficient (Wildman–Crippen LogP) is 3.32. The van der Waals surface area contributed by atoms with Gasteiger partial charge in [-0.3, -0.25) is 4.79 Å². The number of amides is 1. The largest absolute Gasteiger partial charge is 0.348 e. The van der Waals surface area contributed by atoms with E-state index < -0.39 is 0 Å². The molecular formula is C20H17N5O2S. The van der Waals surface area contributed by atoms with Crippen molar-refractivity contribution in [1.82, 2.24) is 14.5 Å². The van der Waals surface area contributed by atoms with Crippen LogP contribution in [0, 0.1) is 18.3 Å². The molecule has 0 aliphatic carbocycles. The van der Waals surface area contributed by atoms with Crippen LogP contribution in [0.5, 0.6) is 0 Å². The van der Waals surface area contributed by atoms with Crippen LogP contribution in [0.1, 0.15) is 23.0 Å². The van der Waals surface area contributed by atoms with Crippen LogP contribution in [0.4, 0.5) is 5.82 Å². The first-order valence-corrected chi connectivity index (χ1v) is 9.45. The molecule has 28 heavy (non-hydrogen) atoms. The lowest BCUT2D eigenvalue weighted by Crippen LogP contribution is -2.23. The summed E-state index contributed by atoms with van der Waals surface area (Å²) in [5, 5.41) is 16.2. The van der Waals surface area contributed by atoms with E-state index in [4.69, 9.17) is 10.00 Å². The van der Waals surface area contributed by atoms with Crippen LogP contribution in [0.25, 0.3) is 5.69 Å². The molecule has 2 N–H and O–H groups in total. The first kappa shape index (κ1) is 18.3. The Morgan fingerprint density at radius 1 is 1.32 bits per heavy atom. The van der Waals surface area contributed by atoms with Gasteiger partial charge in [0.15, 0.2) is 5.69 Å². The fourth-order valence-corrected chi connectivity index (χ4v) is 3.71. The summed E-state index contributed by atoms with van der Waals surface area (Å²) in [6.45, 7) is 1.86. The van der Waals surface area contributed by atoms with Gasteiger partial charge >= 0.3 is 0 Å². The molecule has 1 atom stereocenters. The highest BCUT2D eigenvalue weighted by Crippen LogP contribution is 2.35. The normalized spacial score (nSPS) is 15.1. The van der Waals surface area contributed by atoms with Crippen LogP contribution in [0.15, 0.2) is 59.5 Å². The molecule has 3 aromatic rings. The van der Waals surface area contributed by atoms with Crippen molar-refractivity contribution in [3.8, 4) is 11.8 Å². The van der Waals surface area contributed by atoms with E-state index in [1.54, 1.807) is 0 Å². The molecule has 7 nitrogen and oxygen atoms in total. The Labute approximate surface area is 166 Å². The summed E-state index contributed by atoms with van der Waals surface area (Å²) >= 11 is 1.48. The molecule has 0 spiro atoms. The van der Waals surface area contributed by atoms with Crippen LogP contribution < -0.4 is 10.0 Å². The van der Waals surface area contributed by atoms with E-state index in [0.717, 1.165) is 21.7 Å². The quantitative estimate of drug-likeness (QED) is 0.648. The van der Waals surface area contributed by atoms with Crippen molar-refractivity contribution in [3.63, 3.8) is 0 Å². The SMILES string of the molecule is Cc1ccc(-n2nc(C#N)cc2NC(=O)COC2NSc3ccccc32)cc1. The zero-order valence-electron chi connectivity index (χ0n) is 15.0. The predicted molar refractivity (Wildman–Crippen MR) is 106 cm³/mol. The topological polar surface area (TPSA) is 92.0 Å². The van der Waals surface area contributed by atoms with Crippen molar-refractivity contribution in [2.45, 2.75) is 18.0 Å². The third kappa shape index (κ3) is 3.77. The zero-order chi connectivity index (χ0) is 19.5. The molecule has 0 radical (unpaired) electrons. The van der Waals surface area contributed by atoms with Crippen LogP contribution in [0.2, 0.25) is 0 Å². The monoisotopic (exact) mass is 391 g/mol. The standard InChI is InChI=1S/C20H17N5O2S/c1-13-6-8-15(9-7-13)25-18(10-14(11-21)23-25)22-19(26)12-27-20-16-4-2-3-5-17(16)28-24-20/h2-10,20,24H,12H2,1H3,(H,22,26). The fourth-order valence-electron chi connectivity index (χ4n) is 2.84. The molecule has 2 heterocycles. The van der Waals surface area contributed by atoms with E-state index in [2.05, 4.69) is 15.1 Å². The number of carbonyl (C=O) groups excluding carboxylic acids is 1. The smallest absolute Gasteiger partial charge is 0.251 e. The minimum Gasteiger partial charge on any atom is -0.348 e. The molecule has 8 heteroatoms. The van der Waals surface area contributed by atoms with Gasteiger partial charge in [-0.2, -0.15) is 10.4 Å². The number of nitrogens with one attached hydrogen (secondary N) is 2. The molecule has 2 aromatic carbocycles. The van der Waals surface area contributed by atoms with E-state index in [1.807, 2.05) is 61.5 Å². The van der Waals surface area contributed by atoms with Gasteiger partial charge in [0, 0.05) is 16.5 Å². The fraction of sp³-hybridized carbons (Fsp3) is 0.150. The Balaban J connectivity index is 1.45. The van der Waals surface area contributed by atoms with E-state index in [0.29, 0.717) is 5.82 Å². The molecule has 4 rings (SSSR count). The van der Waals surface area contributed by atoms with Gasteiger partial charge in [-0.05, 0) is 37.1 Å². The van der Waals surface area contributed by atoms with Crippen molar-refractivity contribution in [1.29, 1.82) is 5.26 Å². The van der Waals surface area contributed by atoms with Gasteiger partial charge in [-0.15, -0.1) is 0 Å². The van der Waals surface area contributed by atoms with Crippen molar-refractivity contribution in [3.05, 3.63) is 71.4 Å². The number of benzene rings is 2.